The molecule has 2 aliphatic rings. The highest BCUT2D eigenvalue weighted by Crippen LogP contribution is 2.33. The summed E-state index contributed by atoms with van der Waals surface area (Å²) in [6.45, 7) is 3.52. The molecule has 0 aliphatic carbocycles. The first kappa shape index (κ1) is 21.4. The topological polar surface area (TPSA) is 53.4 Å². The highest BCUT2D eigenvalue weighted by molar-refractivity contribution is 6.32. The van der Waals surface area contributed by atoms with Crippen LogP contribution in [0.15, 0.2) is 65.1 Å². The molecule has 1 unspecified atom stereocenters. The predicted molar refractivity (Wildman–Crippen MR) is 116 cm³/mol. The molecule has 4 rings (SSSR count). The van der Waals surface area contributed by atoms with Crippen LogP contribution in [0.2, 0.25) is 5.02 Å². The third-order valence-corrected chi connectivity index (χ3v) is 5.71. The Bertz CT molecular complexity index is 1040. The van der Waals surface area contributed by atoms with Crippen molar-refractivity contribution in [3.8, 4) is 0 Å². The molecule has 0 amide bonds. The quantitative estimate of drug-likeness (QED) is 0.639. The average molecular weight is 448 g/mol. The van der Waals surface area contributed by atoms with E-state index in [2.05, 4.69) is 32.1 Å². The molecule has 0 bridgehead atoms. The van der Waals surface area contributed by atoms with Gasteiger partial charge in [0, 0.05) is 25.5 Å². The summed E-state index contributed by atoms with van der Waals surface area (Å²) < 4.78 is 38.4. The number of anilines is 2. The second kappa shape index (κ2) is 8.70. The highest BCUT2D eigenvalue weighted by Gasteiger charge is 2.32. The molecule has 2 aromatic heterocycles. The summed E-state index contributed by atoms with van der Waals surface area (Å²) in [5.74, 6) is 1.65. The van der Waals surface area contributed by atoms with Crippen molar-refractivity contribution in [2.24, 2.45) is 10.9 Å². The van der Waals surface area contributed by atoms with Crippen LogP contribution in [0.1, 0.15) is 25.5 Å². The second-order valence-corrected chi connectivity index (χ2v) is 7.95. The van der Waals surface area contributed by atoms with Crippen molar-refractivity contribution in [2.45, 2.75) is 25.9 Å². The maximum absolute atomic E-state index is 12.8. The molecular formula is C22H21ClF3N5. The van der Waals surface area contributed by atoms with E-state index in [4.69, 9.17) is 11.6 Å². The zero-order valence-electron chi connectivity index (χ0n) is 16.8. The number of halogens is 4. The van der Waals surface area contributed by atoms with Gasteiger partial charge in [0.15, 0.2) is 0 Å². The van der Waals surface area contributed by atoms with Gasteiger partial charge in [0.2, 0.25) is 0 Å². The maximum Gasteiger partial charge on any atom is 0.433 e. The monoisotopic (exact) mass is 447 g/mol. The lowest BCUT2D eigenvalue weighted by atomic mass is 9.87. The first-order valence-electron chi connectivity index (χ1n) is 9.94. The summed E-state index contributed by atoms with van der Waals surface area (Å²) in [7, 11) is 0. The molecule has 5 nitrogen and oxygen atoms in total. The minimum Gasteiger partial charge on any atom is -0.351 e. The number of hydrogen-bond acceptors (Lipinski definition) is 5. The van der Waals surface area contributed by atoms with E-state index in [9.17, 15) is 13.2 Å². The zero-order chi connectivity index (χ0) is 22.0. The number of aliphatic imine (C=N–C) groups is 1. The Morgan fingerprint density at radius 2 is 2.03 bits per heavy atom. The van der Waals surface area contributed by atoms with Gasteiger partial charge in [-0.3, -0.25) is 0 Å². The fourth-order valence-electron chi connectivity index (χ4n) is 3.79. The molecule has 0 fully saturated rings. The summed E-state index contributed by atoms with van der Waals surface area (Å²) >= 11 is 6.35. The van der Waals surface area contributed by atoms with Gasteiger partial charge in [-0.15, -0.1) is 0 Å². The number of rotatable bonds is 2. The van der Waals surface area contributed by atoms with Crippen LogP contribution >= 0.6 is 11.6 Å². The van der Waals surface area contributed by atoms with Gasteiger partial charge in [-0.1, -0.05) is 24.6 Å². The molecule has 1 N–H and O–H groups in total. The molecule has 0 radical (unpaired) electrons. The molecule has 31 heavy (non-hydrogen) atoms. The first-order chi connectivity index (χ1) is 14.8. The Morgan fingerprint density at radius 3 is 2.74 bits per heavy atom. The zero-order valence-corrected chi connectivity index (χ0v) is 17.6. The molecule has 0 saturated carbocycles. The summed E-state index contributed by atoms with van der Waals surface area (Å²) in [4.78, 5) is 14.7. The Morgan fingerprint density at radius 1 is 1.19 bits per heavy atom. The van der Waals surface area contributed by atoms with Crippen LogP contribution in [0.25, 0.3) is 0 Å². The van der Waals surface area contributed by atoms with Crippen LogP contribution in [-0.4, -0.2) is 28.9 Å². The van der Waals surface area contributed by atoms with Crippen molar-refractivity contribution in [2.75, 3.05) is 23.3 Å². The summed E-state index contributed by atoms with van der Waals surface area (Å²) in [5, 5.41) is 3.77. The third kappa shape index (κ3) is 4.74. The minimum atomic E-state index is -4.47. The number of aromatic nitrogens is 2. The first-order valence-corrected chi connectivity index (χ1v) is 10.3. The van der Waals surface area contributed by atoms with Gasteiger partial charge in [0.05, 0.1) is 16.9 Å². The summed E-state index contributed by atoms with van der Waals surface area (Å²) in [6.07, 6.45) is 3.73. The van der Waals surface area contributed by atoms with Gasteiger partial charge in [-0.25, -0.2) is 15.0 Å². The predicted octanol–water partition coefficient (Wildman–Crippen LogP) is 5.72. The van der Waals surface area contributed by atoms with Gasteiger partial charge < -0.3 is 10.2 Å². The molecule has 9 heteroatoms. The van der Waals surface area contributed by atoms with Gasteiger partial charge in [-0.05, 0) is 54.2 Å². The van der Waals surface area contributed by atoms with Crippen LogP contribution in [0.5, 0.6) is 0 Å². The number of amidine groups is 1. The van der Waals surface area contributed by atoms with Crippen molar-refractivity contribution in [1.29, 1.82) is 0 Å². The van der Waals surface area contributed by atoms with E-state index >= 15 is 0 Å². The fourth-order valence-corrected chi connectivity index (χ4v) is 4.04. The molecule has 1 atom stereocenters. The van der Waals surface area contributed by atoms with Crippen molar-refractivity contribution in [3.63, 3.8) is 0 Å². The number of pyridine rings is 2. The van der Waals surface area contributed by atoms with E-state index in [1.807, 2.05) is 12.1 Å². The summed E-state index contributed by atoms with van der Waals surface area (Å²) in [6, 6.07) is 5.96. The molecule has 162 valence electrons. The molecule has 2 aromatic rings. The van der Waals surface area contributed by atoms with Gasteiger partial charge in [0.1, 0.15) is 17.3 Å². The second-order valence-electron chi connectivity index (χ2n) is 7.54. The molecule has 0 spiro atoms. The summed E-state index contributed by atoms with van der Waals surface area (Å²) in [5.41, 5.74) is 1.81. The van der Waals surface area contributed by atoms with Crippen LogP contribution in [0.4, 0.5) is 24.7 Å². The molecule has 0 aromatic carbocycles. The Labute approximate surface area is 183 Å². The normalized spacial score (nSPS) is 19.5. The van der Waals surface area contributed by atoms with Gasteiger partial charge >= 0.3 is 6.18 Å². The Kier molecular flexibility index (Phi) is 6.00. The highest BCUT2D eigenvalue weighted by atomic mass is 35.5. The van der Waals surface area contributed by atoms with Gasteiger partial charge in [0.25, 0.3) is 0 Å². The lowest BCUT2D eigenvalue weighted by Crippen LogP contribution is -2.37. The number of nitrogens with one attached hydrogen (secondary N) is 1. The molecule has 4 heterocycles. The van der Waals surface area contributed by atoms with E-state index in [1.54, 1.807) is 18.5 Å². The van der Waals surface area contributed by atoms with E-state index in [0.29, 0.717) is 36.1 Å². The minimum absolute atomic E-state index is 0.273. The molecular weight excluding hydrogens is 427 g/mol. The fraction of sp³-hybridized carbons (Fsp3) is 0.318. The molecule has 2 aliphatic heterocycles. The van der Waals surface area contributed by atoms with E-state index in [1.165, 1.54) is 17.8 Å². The Hall–Kier alpha value is -2.87. The lowest BCUT2D eigenvalue weighted by molar-refractivity contribution is -0.141. The number of hydrogen-bond donors (Lipinski definition) is 1. The van der Waals surface area contributed by atoms with E-state index in [-0.39, 0.29) is 5.92 Å². The van der Waals surface area contributed by atoms with Gasteiger partial charge in [-0.2, -0.15) is 13.2 Å². The van der Waals surface area contributed by atoms with Crippen molar-refractivity contribution < 1.29 is 13.2 Å². The van der Waals surface area contributed by atoms with Crippen molar-refractivity contribution in [3.05, 3.63) is 70.8 Å². The maximum atomic E-state index is 12.8. The smallest absolute Gasteiger partial charge is 0.351 e. The van der Waals surface area contributed by atoms with Crippen molar-refractivity contribution in [1.82, 2.24) is 9.97 Å². The number of allylic oxidation sites excluding steroid dienone is 1. The number of nitrogens with zero attached hydrogens (tertiary/aromatic N) is 4. The molecule has 0 saturated heterocycles. The number of alkyl halides is 3. The van der Waals surface area contributed by atoms with E-state index < -0.39 is 11.9 Å². The average Bonchev–Trinajstić information content (AvgIpc) is 2.74. The third-order valence-electron chi connectivity index (χ3n) is 5.42. The van der Waals surface area contributed by atoms with Crippen LogP contribution in [0, 0.1) is 5.92 Å². The standard InChI is InChI=1S/C22H21ClF3N5/c1-14-4-2-9-27-20(30-15-6-7-19(29-12-15)22(24,25)26)16-8-11-31(13-17(14)16)21-18(23)5-3-10-28-21/h2-3,5-7,9-10,12,14H,4,8,11,13H2,1H3,(H,27,30). The largest absolute Gasteiger partial charge is 0.433 e. The van der Waals surface area contributed by atoms with E-state index in [0.717, 1.165) is 23.9 Å². The SMILES string of the molecule is CC1CC=CN=C(Nc2ccc(C(F)(F)F)nc2)C2=C1CN(c1ncccc1Cl)CC2. The van der Waals surface area contributed by atoms with Crippen LogP contribution in [0.3, 0.4) is 0 Å². The Balaban J connectivity index is 1.63. The van der Waals surface area contributed by atoms with Crippen LogP contribution < -0.4 is 10.2 Å². The van der Waals surface area contributed by atoms with Crippen molar-refractivity contribution >= 4 is 28.9 Å². The lowest BCUT2D eigenvalue weighted by Gasteiger charge is -2.35. The van der Waals surface area contributed by atoms with Crippen LogP contribution in [-0.2, 0) is 6.18 Å².